The summed E-state index contributed by atoms with van der Waals surface area (Å²) in [7, 11) is 0. The maximum Gasteiger partial charge on any atom is 0.326 e. The van der Waals surface area contributed by atoms with Crippen LogP contribution in [0.4, 0.5) is 0 Å². The lowest BCUT2D eigenvalue weighted by Crippen LogP contribution is -2.54. The van der Waals surface area contributed by atoms with Crippen LogP contribution in [0.25, 0.3) is 0 Å². The largest absolute Gasteiger partial charge is 0.480 e. The molecule has 0 aliphatic carbocycles. The molecule has 182 valence electrons. The van der Waals surface area contributed by atoms with E-state index in [4.69, 9.17) is 11.5 Å². The molecule has 1 aromatic carbocycles. The summed E-state index contributed by atoms with van der Waals surface area (Å²) in [5.41, 5.74) is 11.4. The van der Waals surface area contributed by atoms with Crippen LogP contribution in [0.2, 0.25) is 0 Å². The zero-order chi connectivity index (χ0) is 24.8. The Morgan fingerprint density at radius 2 is 1.67 bits per heavy atom. The Hall–Kier alpha value is -3.12. The van der Waals surface area contributed by atoms with Crippen molar-refractivity contribution in [1.82, 2.24) is 16.0 Å². The molecule has 0 radical (unpaired) electrons. The number of carbonyl (C=O) groups is 5. The molecule has 0 fully saturated rings. The van der Waals surface area contributed by atoms with Crippen LogP contribution in [0.5, 0.6) is 0 Å². The van der Waals surface area contributed by atoms with Crippen molar-refractivity contribution >= 4 is 41.4 Å². The summed E-state index contributed by atoms with van der Waals surface area (Å²) in [5, 5.41) is 16.8. The Balaban J connectivity index is 2.68. The first-order valence-corrected chi connectivity index (χ1v) is 11.7. The van der Waals surface area contributed by atoms with E-state index in [-0.39, 0.29) is 25.7 Å². The third-order valence-corrected chi connectivity index (χ3v) is 5.27. The summed E-state index contributed by atoms with van der Waals surface area (Å²) in [6, 6.07) is 5.69. The molecule has 12 heteroatoms. The summed E-state index contributed by atoms with van der Waals surface area (Å²) < 4.78 is 0. The highest BCUT2D eigenvalue weighted by molar-refractivity contribution is 7.98. The molecule has 0 saturated heterocycles. The van der Waals surface area contributed by atoms with E-state index in [0.29, 0.717) is 5.75 Å². The standard InChI is InChI=1S/C21H31N5O6S/c1-33-10-9-15(25-18(28)12-24-19(29)14(22)7-8-17(23)27)20(30)26-16(21(31)32)11-13-5-3-2-4-6-13/h2-6,14-16H,7-12,22H2,1H3,(H2,23,27)(H,24,29)(H,25,28)(H,26,30)(H,31,32). The zero-order valence-corrected chi connectivity index (χ0v) is 19.2. The number of benzene rings is 1. The number of hydrogen-bond donors (Lipinski definition) is 6. The minimum Gasteiger partial charge on any atom is -0.480 e. The second kappa shape index (κ2) is 14.9. The third kappa shape index (κ3) is 11.3. The van der Waals surface area contributed by atoms with E-state index in [1.807, 2.05) is 6.26 Å². The van der Waals surface area contributed by atoms with E-state index < -0.39 is 54.3 Å². The molecular weight excluding hydrogens is 450 g/mol. The summed E-state index contributed by atoms with van der Waals surface area (Å²) in [6.07, 6.45) is 2.16. The van der Waals surface area contributed by atoms with E-state index >= 15 is 0 Å². The minimum atomic E-state index is -1.20. The average Bonchev–Trinajstić information content (AvgIpc) is 2.78. The number of carboxylic acid groups (broad SMARTS) is 1. The van der Waals surface area contributed by atoms with Crippen molar-refractivity contribution in [2.45, 2.75) is 43.8 Å². The van der Waals surface area contributed by atoms with Gasteiger partial charge in [0, 0.05) is 12.8 Å². The maximum atomic E-state index is 12.7. The first kappa shape index (κ1) is 27.9. The molecule has 0 aromatic heterocycles. The van der Waals surface area contributed by atoms with Crippen LogP contribution in [0.3, 0.4) is 0 Å². The topological polar surface area (TPSA) is 194 Å². The normalized spacial score (nSPS) is 13.3. The fourth-order valence-corrected chi connectivity index (χ4v) is 3.27. The van der Waals surface area contributed by atoms with Crippen LogP contribution in [-0.4, -0.2) is 71.4 Å². The lowest BCUT2D eigenvalue weighted by molar-refractivity contribution is -0.142. The molecule has 0 aliphatic heterocycles. The van der Waals surface area contributed by atoms with Gasteiger partial charge in [0.25, 0.3) is 0 Å². The third-order valence-electron chi connectivity index (χ3n) is 4.62. The van der Waals surface area contributed by atoms with Gasteiger partial charge in [-0.2, -0.15) is 11.8 Å². The van der Waals surface area contributed by atoms with Gasteiger partial charge in [-0.05, 0) is 30.4 Å². The van der Waals surface area contributed by atoms with Crippen molar-refractivity contribution < 1.29 is 29.1 Å². The van der Waals surface area contributed by atoms with Crippen LogP contribution in [0, 0.1) is 0 Å². The van der Waals surface area contributed by atoms with Gasteiger partial charge in [0.2, 0.25) is 23.6 Å². The molecule has 33 heavy (non-hydrogen) atoms. The number of amides is 4. The number of nitrogens with one attached hydrogen (secondary N) is 3. The highest BCUT2D eigenvalue weighted by atomic mass is 32.2. The zero-order valence-electron chi connectivity index (χ0n) is 18.4. The Morgan fingerprint density at radius 3 is 2.24 bits per heavy atom. The van der Waals surface area contributed by atoms with Crippen LogP contribution in [0.1, 0.15) is 24.8 Å². The second-order valence-electron chi connectivity index (χ2n) is 7.32. The Labute approximate surface area is 196 Å². The Bertz CT molecular complexity index is 823. The molecule has 0 bridgehead atoms. The quantitative estimate of drug-likeness (QED) is 0.179. The van der Waals surface area contributed by atoms with Gasteiger partial charge in [-0.15, -0.1) is 0 Å². The first-order valence-electron chi connectivity index (χ1n) is 10.3. The molecule has 4 amide bonds. The Kier molecular flexibility index (Phi) is 12.6. The molecule has 0 heterocycles. The van der Waals surface area contributed by atoms with Gasteiger partial charge >= 0.3 is 5.97 Å². The van der Waals surface area contributed by atoms with Gasteiger partial charge in [-0.25, -0.2) is 4.79 Å². The SMILES string of the molecule is CSCCC(NC(=O)CNC(=O)C(N)CCC(N)=O)C(=O)NC(Cc1ccccc1)C(=O)O. The Morgan fingerprint density at radius 1 is 1.00 bits per heavy atom. The second-order valence-corrected chi connectivity index (χ2v) is 8.31. The smallest absolute Gasteiger partial charge is 0.326 e. The van der Waals surface area contributed by atoms with Crippen LogP contribution in [0.15, 0.2) is 30.3 Å². The van der Waals surface area contributed by atoms with Gasteiger partial charge in [0.15, 0.2) is 0 Å². The van der Waals surface area contributed by atoms with Gasteiger partial charge in [0.1, 0.15) is 12.1 Å². The molecule has 11 nitrogen and oxygen atoms in total. The van der Waals surface area contributed by atoms with Crippen LogP contribution < -0.4 is 27.4 Å². The highest BCUT2D eigenvalue weighted by Gasteiger charge is 2.27. The summed E-state index contributed by atoms with van der Waals surface area (Å²) in [5.74, 6) is -3.15. The monoisotopic (exact) mass is 481 g/mol. The van der Waals surface area contributed by atoms with Crippen LogP contribution >= 0.6 is 11.8 Å². The van der Waals surface area contributed by atoms with E-state index in [2.05, 4.69) is 16.0 Å². The van der Waals surface area contributed by atoms with E-state index in [1.165, 1.54) is 11.8 Å². The number of nitrogens with two attached hydrogens (primary N) is 2. The number of rotatable bonds is 15. The number of primary amides is 1. The van der Waals surface area contributed by atoms with Crippen molar-refractivity contribution in [3.8, 4) is 0 Å². The predicted molar refractivity (Wildman–Crippen MR) is 124 cm³/mol. The number of aliphatic carboxylic acids is 1. The lowest BCUT2D eigenvalue weighted by Gasteiger charge is -2.22. The fraction of sp³-hybridized carbons (Fsp3) is 0.476. The number of carboxylic acids is 1. The van der Waals surface area contributed by atoms with E-state index in [0.717, 1.165) is 5.56 Å². The predicted octanol–water partition coefficient (Wildman–Crippen LogP) is -1.25. The molecule has 0 saturated carbocycles. The van der Waals surface area contributed by atoms with Crippen molar-refractivity contribution in [3.05, 3.63) is 35.9 Å². The highest BCUT2D eigenvalue weighted by Crippen LogP contribution is 2.06. The molecule has 8 N–H and O–H groups in total. The molecule has 0 aliphatic rings. The van der Waals surface area contributed by atoms with Gasteiger partial charge < -0.3 is 32.5 Å². The average molecular weight is 482 g/mol. The molecule has 3 unspecified atom stereocenters. The summed E-state index contributed by atoms with van der Waals surface area (Å²) >= 11 is 1.46. The minimum absolute atomic E-state index is 0.0412. The maximum absolute atomic E-state index is 12.7. The summed E-state index contributed by atoms with van der Waals surface area (Å²) in [6.45, 7) is -0.432. The number of carbonyl (C=O) groups excluding carboxylic acids is 4. The number of thioether (sulfide) groups is 1. The molecular formula is C21H31N5O6S. The molecule has 0 spiro atoms. The van der Waals surface area contributed by atoms with Gasteiger partial charge in [-0.3, -0.25) is 19.2 Å². The van der Waals surface area contributed by atoms with Crippen LogP contribution in [-0.2, 0) is 30.4 Å². The summed E-state index contributed by atoms with van der Waals surface area (Å²) in [4.78, 5) is 59.4. The molecule has 1 aromatic rings. The lowest BCUT2D eigenvalue weighted by atomic mass is 10.1. The fourth-order valence-electron chi connectivity index (χ4n) is 2.80. The van der Waals surface area contributed by atoms with Gasteiger partial charge in [-0.1, -0.05) is 30.3 Å². The first-order chi connectivity index (χ1) is 15.6. The van der Waals surface area contributed by atoms with Crippen molar-refractivity contribution in [1.29, 1.82) is 0 Å². The van der Waals surface area contributed by atoms with Crippen molar-refractivity contribution in [2.75, 3.05) is 18.6 Å². The van der Waals surface area contributed by atoms with Crippen molar-refractivity contribution in [3.63, 3.8) is 0 Å². The molecule has 1 rings (SSSR count). The molecule has 3 atom stereocenters. The van der Waals surface area contributed by atoms with E-state index in [9.17, 15) is 29.1 Å². The van der Waals surface area contributed by atoms with E-state index in [1.54, 1.807) is 30.3 Å². The van der Waals surface area contributed by atoms with Crippen molar-refractivity contribution in [2.24, 2.45) is 11.5 Å². The number of hydrogen-bond acceptors (Lipinski definition) is 7. The van der Waals surface area contributed by atoms with Gasteiger partial charge in [0.05, 0.1) is 12.6 Å².